The fourth-order valence-corrected chi connectivity index (χ4v) is 1.96. The van der Waals surface area contributed by atoms with Crippen molar-refractivity contribution in [3.05, 3.63) is 18.0 Å². The molecule has 0 aliphatic carbocycles. The van der Waals surface area contributed by atoms with E-state index in [0.29, 0.717) is 0 Å². The minimum absolute atomic E-state index is 0.0106. The molecule has 0 amide bonds. The maximum Gasteiger partial charge on any atom is 0.225 e. The molecule has 0 radical (unpaired) electrons. The molecule has 1 aromatic heterocycles. The summed E-state index contributed by atoms with van der Waals surface area (Å²) in [7, 11) is 0. The van der Waals surface area contributed by atoms with Crippen molar-refractivity contribution in [2.24, 2.45) is 5.92 Å². The van der Waals surface area contributed by atoms with E-state index in [1.807, 2.05) is 0 Å². The molecule has 15 heavy (non-hydrogen) atoms. The highest BCUT2D eigenvalue weighted by molar-refractivity contribution is 5.30. The molecule has 0 aromatic carbocycles. The summed E-state index contributed by atoms with van der Waals surface area (Å²) >= 11 is 0. The first kappa shape index (κ1) is 10.4. The largest absolute Gasteiger partial charge is 0.392 e. The summed E-state index contributed by atoms with van der Waals surface area (Å²) in [4.78, 5) is 10.7. The second kappa shape index (κ2) is 4.57. The molecule has 1 atom stereocenters. The SMILES string of the molecule is CC1CCCN(c2ncc(CO)cn2)C1. The zero-order valence-electron chi connectivity index (χ0n) is 9.06. The van der Waals surface area contributed by atoms with E-state index in [1.165, 1.54) is 12.8 Å². The zero-order chi connectivity index (χ0) is 10.7. The summed E-state index contributed by atoms with van der Waals surface area (Å²) in [5, 5.41) is 8.89. The van der Waals surface area contributed by atoms with Crippen LogP contribution in [0.1, 0.15) is 25.3 Å². The Balaban J connectivity index is 2.07. The number of aliphatic hydroxyl groups is 1. The van der Waals surface area contributed by atoms with Crippen LogP contribution in [0.3, 0.4) is 0 Å². The van der Waals surface area contributed by atoms with Gasteiger partial charge in [0.15, 0.2) is 0 Å². The van der Waals surface area contributed by atoms with Crippen molar-refractivity contribution < 1.29 is 5.11 Å². The number of anilines is 1. The fourth-order valence-electron chi connectivity index (χ4n) is 1.96. The molecular weight excluding hydrogens is 190 g/mol. The average Bonchev–Trinajstić information content (AvgIpc) is 2.29. The van der Waals surface area contributed by atoms with Gasteiger partial charge in [0.25, 0.3) is 0 Å². The predicted molar refractivity (Wildman–Crippen MR) is 58.6 cm³/mol. The van der Waals surface area contributed by atoms with Crippen molar-refractivity contribution in [3.8, 4) is 0 Å². The lowest BCUT2D eigenvalue weighted by molar-refractivity contribution is 0.281. The molecule has 1 fully saturated rings. The predicted octanol–water partition coefficient (Wildman–Crippen LogP) is 1.21. The van der Waals surface area contributed by atoms with Crippen molar-refractivity contribution in [3.63, 3.8) is 0 Å². The van der Waals surface area contributed by atoms with Gasteiger partial charge in [-0.15, -0.1) is 0 Å². The van der Waals surface area contributed by atoms with Gasteiger partial charge in [0.2, 0.25) is 5.95 Å². The third-order valence-corrected chi connectivity index (χ3v) is 2.81. The number of hydrogen-bond donors (Lipinski definition) is 1. The number of aliphatic hydroxyl groups excluding tert-OH is 1. The van der Waals surface area contributed by atoms with Gasteiger partial charge in [-0.3, -0.25) is 0 Å². The number of rotatable bonds is 2. The number of hydrogen-bond acceptors (Lipinski definition) is 4. The minimum atomic E-state index is 0.0106. The topological polar surface area (TPSA) is 49.2 Å². The van der Waals surface area contributed by atoms with Crippen LogP contribution in [-0.2, 0) is 6.61 Å². The van der Waals surface area contributed by atoms with E-state index in [1.54, 1.807) is 12.4 Å². The van der Waals surface area contributed by atoms with Crippen LogP contribution >= 0.6 is 0 Å². The van der Waals surface area contributed by atoms with E-state index in [9.17, 15) is 0 Å². The quantitative estimate of drug-likeness (QED) is 0.791. The van der Waals surface area contributed by atoms with Crippen molar-refractivity contribution in [1.82, 2.24) is 9.97 Å². The first-order valence-electron chi connectivity index (χ1n) is 5.46. The second-order valence-electron chi connectivity index (χ2n) is 4.24. The molecule has 1 N–H and O–H groups in total. The van der Waals surface area contributed by atoms with Gasteiger partial charge in [0.05, 0.1) is 6.61 Å². The third-order valence-electron chi connectivity index (χ3n) is 2.81. The number of aromatic nitrogens is 2. The Labute approximate surface area is 90.0 Å². The summed E-state index contributed by atoms with van der Waals surface area (Å²) in [6.07, 6.45) is 5.90. The highest BCUT2D eigenvalue weighted by atomic mass is 16.3. The van der Waals surface area contributed by atoms with Gasteiger partial charge >= 0.3 is 0 Å². The second-order valence-corrected chi connectivity index (χ2v) is 4.24. The van der Waals surface area contributed by atoms with E-state index >= 15 is 0 Å². The Morgan fingerprint density at radius 3 is 2.80 bits per heavy atom. The number of piperidine rings is 1. The van der Waals surface area contributed by atoms with Crippen molar-refractivity contribution >= 4 is 5.95 Å². The van der Waals surface area contributed by atoms with Crippen molar-refractivity contribution in [2.75, 3.05) is 18.0 Å². The molecule has 1 unspecified atom stereocenters. The van der Waals surface area contributed by atoms with Gasteiger partial charge in [-0.05, 0) is 18.8 Å². The molecule has 82 valence electrons. The van der Waals surface area contributed by atoms with Crippen LogP contribution in [0, 0.1) is 5.92 Å². The van der Waals surface area contributed by atoms with Crippen LogP contribution < -0.4 is 4.90 Å². The Hall–Kier alpha value is -1.16. The summed E-state index contributed by atoms with van der Waals surface area (Å²) in [6.45, 7) is 4.35. The molecule has 1 saturated heterocycles. The van der Waals surface area contributed by atoms with Crippen LogP contribution in [-0.4, -0.2) is 28.2 Å². The highest BCUT2D eigenvalue weighted by Crippen LogP contribution is 2.19. The number of nitrogens with zero attached hydrogens (tertiary/aromatic N) is 3. The van der Waals surface area contributed by atoms with Crippen LogP contribution in [0.15, 0.2) is 12.4 Å². The summed E-state index contributed by atoms with van der Waals surface area (Å²) in [6, 6.07) is 0. The monoisotopic (exact) mass is 207 g/mol. The maximum absolute atomic E-state index is 8.89. The minimum Gasteiger partial charge on any atom is -0.392 e. The molecule has 1 aliphatic heterocycles. The van der Waals surface area contributed by atoms with E-state index in [4.69, 9.17) is 5.11 Å². The molecule has 1 aliphatic rings. The summed E-state index contributed by atoms with van der Waals surface area (Å²) in [5.41, 5.74) is 0.767. The zero-order valence-corrected chi connectivity index (χ0v) is 9.06. The molecular formula is C11H17N3O. The first-order valence-corrected chi connectivity index (χ1v) is 5.46. The normalized spacial score (nSPS) is 21.7. The Kier molecular flexibility index (Phi) is 3.16. The van der Waals surface area contributed by atoms with Gasteiger partial charge in [0, 0.05) is 31.0 Å². The van der Waals surface area contributed by atoms with E-state index in [0.717, 1.165) is 30.5 Å². The molecule has 0 bridgehead atoms. The van der Waals surface area contributed by atoms with E-state index in [-0.39, 0.29) is 6.61 Å². The molecule has 0 spiro atoms. The molecule has 4 nitrogen and oxygen atoms in total. The Morgan fingerprint density at radius 2 is 2.20 bits per heavy atom. The van der Waals surface area contributed by atoms with Crippen LogP contribution in [0.2, 0.25) is 0 Å². The molecule has 0 saturated carbocycles. The standard InChI is InChI=1S/C11H17N3O/c1-9-3-2-4-14(7-9)11-12-5-10(8-15)6-13-11/h5-6,9,15H,2-4,7-8H2,1H3. The smallest absolute Gasteiger partial charge is 0.225 e. The maximum atomic E-state index is 8.89. The summed E-state index contributed by atoms with van der Waals surface area (Å²) in [5.74, 6) is 1.51. The molecule has 2 rings (SSSR count). The fraction of sp³-hybridized carbons (Fsp3) is 0.636. The molecule has 1 aromatic rings. The van der Waals surface area contributed by atoms with E-state index in [2.05, 4.69) is 21.8 Å². The highest BCUT2D eigenvalue weighted by Gasteiger charge is 2.18. The van der Waals surface area contributed by atoms with Crippen molar-refractivity contribution in [2.45, 2.75) is 26.4 Å². The third kappa shape index (κ3) is 2.45. The Bertz CT molecular complexity index is 312. The van der Waals surface area contributed by atoms with Crippen LogP contribution in [0.4, 0.5) is 5.95 Å². The summed E-state index contributed by atoms with van der Waals surface area (Å²) < 4.78 is 0. The lowest BCUT2D eigenvalue weighted by Crippen LogP contribution is -2.35. The molecule has 2 heterocycles. The van der Waals surface area contributed by atoms with Gasteiger partial charge in [-0.25, -0.2) is 9.97 Å². The first-order chi connectivity index (χ1) is 7.29. The van der Waals surface area contributed by atoms with Gasteiger partial charge in [-0.1, -0.05) is 6.92 Å². The van der Waals surface area contributed by atoms with E-state index < -0.39 is 0 Å². The molecule has 4 heteroatoms. The van der Waals surface area contributed by atoms with Crippen molar-refractivity contribution in [1.29, 1.82) is 0 Å². The van der Waals surface area contributed by atoms with Gasteiger partial charge < -0.3 is 10.0 Å². The van der Waals surface area contributed by atoms with Gasteiger partial charge in [-0.2, -0.15) is 0 Å². The lowest BCUT2D eigenvalue weighted by atomic mass is 10.0. The van der Waals surface area contributed by atoms with Gasteiger partial charge in [0.1, 0.15) is 0 Å². The van der Waals surface area contributed by atoms with Crippen LogP contribution in [0.25, 0.3) is 0 Å². The lowest BCUT2D eigenvalue weighted by Gasteiger charge is -2.30. The average molecular weight is 207 g/mol. The Morgan fingerprint density at radius 1 is 1.47 bits per heavy atom. The van der Waals surface area contributed by atoms with Crippen LogP contribution in [0.5, 0.6) is 0 Å².